The normalized spacial score (nSPS) is 14.8. The van der Waals surface area contributed by atoms with Crippen LogP contribution in [0, 0.1) is 5.92 Å². The van der Waals surface area contributed by atoms with Crippen molar-refractivity contribution in [3.8, 4) is 11.4 Å². The third-order valence-corrected chi connectivity index (χ3v) is 6.83. The minimum absolute atomic E-state index is 0.0350. The number of benzene rings is 2. The van der Waals surface area contributed by atoms with Gasteiger partial charge in [-0.2, -0.15) is 4.98 Å². The number of carbonyl (C=O) groups is 1. The minimum atomic E-state index is 0.0350. The predicted molar refractivity (Wildman–Crippen MR) is 135 cm³/mol. The molecule has 5 rings (SSSR count). The Labute approximate surface area is 212 Å². The predicted octanol–water partition coefficient (Wildman–Crippen LogP) is 4.27. The summed E-state index contributed by atoms with van der Waals surface area (Å²) in [6.07, 6.45) is 7.18. The van der Waals surface area contributed by atoms with E-state index in [-0.39, 0.29) is 11.8 Å². The molecule has 1 aliphatic rings. The SMILES string of the molecule is O=C(NCc1ccc(Cn2ccnc2)cc1)C1CCN(Cc2nc(-c3ccc(Br)cc3)no2)CC1. The van der Waals surface area contributed by atoms with Gasteiger partial charge in [0, 0.05) is 41.4 Å². The first kappa shape index (κ1) is 23.4. The first-order chi connectivity index (χ1) is 17.1. The van der Waals surface area contributed by atoms with Crippen LogP contribution in [0.15, 0.2) is 76.2 Å². The molecular formula is C26H27BrN6O2. The van der Waals surface area contributed by atoms with Gasteiger partial charge < -0.3 is 14.4 Å². The van der Waals surface area contributed by atoms with Crippen LogP contribution < -0.4 is 5.32 Å². The summed E-state index contributed by atoms with van der Waals surface area (Å²) in [6, 6.07) is 16.2. The van der Waals surface area contributed by atoms with E-state index in [4.69, 9.17) is 4.52 Å². The van der Waals surface area contributed by atoms with E-state index >= 15 is 0 Å². The van der Waals surface area contributed by atoms with Gasteiger partial charge in [0.25, 0.3) is 0 Å². The van der Waals surface area contributed by atoms with Gasteiger partial charge >= 0.3 is 0 Å². The number of nitrogens with one attached hydrogen (secondary N) is 1. The number of rotatable bonds is 8. The van der Waals surface area contributed by atoms with E-state index < -0.39 is 0 Å². The smallest absolute Gasteiger partial charge is 0.241 e. The number of likely N-dealkylation sites (tertiary alicyclic amines) is 1. The highest BCUT2D eigenvalue weighted by Gasteiger charge is 2.26. The molecule has 0 unspecified atom stereocenters. The Hall–Kier alpha value is -3.30. The number of imidazole rings is 1. The molecule has 1 fully saturated rings. The standard InChI is InChI=1S/C26H27BrN6O2/c27-23-7-5-21(6-8-23)25-30-24(35-31-25)17-32-12-9-22(10-13-32)26(34)29-15-19-1-3-20(4-2-19)16-33-14-11-28-18-33/h1-8,11,14,18,22H,9-10,12-13,15-17H2,(H,29,34). The highest BCUT2D eigenvalue weighted by molar-refractivity contribution is 9.10. The van der Waals surface area contributed by atoms with Crippen molar-refractivity contribution >= 4 is 21.8 Å². The lowest BCUT2D eigenvalue weighted by molar-refractivity contribution is -0.126. The van der Waals surface area contributed by atoms with Gasteiger partial charge in [-0.05, 0) is 61.3 Å². The number of hydrogen-bond acceptors (Lipinski definition) is 6. The summed E-state index contributed by atoms with van der Waals surface area (Å²) in [4.78, 5) is 23.6. The summed E-state index contributed by atoms with van der Waals surface area (Å²) in [5.74, 6) is 1.36. The second-order valence-electron chi connectivity index (χ2n) is 8.84. The van der Waals surface area contributed by atoms with E-state index in [1.54, 1.807) is 6.20 Å². The van der Waals surface area contributed by atoms with Crippen molar-refractivity contribution in [2.75, 3.05) is 13.1 Å². The fourth-order valence-corrected chi connectivity index (χ4v) is 4.53. The average Bonchev–Trinajstić information content (AvgIpc) is 3.57. The van der Waals surface area contributed by atoms with Crippen LogP contribution in [-0.4, -0.2) is 43.6 Å². The Kier molecular flexibility index (Phi) is 7.34. The van der Waals surface area contributed by atoms with Crippen molar-refractivity contribution in [2.24, 2.45) is 5.92 Å². The molecule has 2 aromatic carbocycles. The number of carbonyl (C=O) groups excluding carboxylic acids is 1. The summed E-state index contributed by atoms with van der Waals surface area (Å²) in [6.45, 7) is 3.60. The van der Waals surface area contributed by atoms with Crippen LogP contribution in [0.3, 0.4) is 0 Å². The average molecular weight is 535 g/mol. The van der Waals surface area contributed by atoms with Gasteiger partial charge in [-0.1, -0.05) is 45.4 Å². The van der Waals surface area contributed by atoms with Gasteiger partial charge in [-0.3, -0.25) is 9.69 Å². The molecule has 35 heavy (non-hydrogen) atoms. The van der Waals surface area contributed by atoms with Crippen LogP contribution in [-0.2, 0) is 24.4 Å². The largest absolute Gasteiger partial charge is 0.352 e. The molecule has 0 radical (unpaired) electrons. The zero-order valence-electron chi connectivity index (χ0n) is 19.3. The first-order valence-electron chi connectivity index (χ1n) is 11.7. The van der Waals surface area contributed by atoms with Gasteiger partial charge in [-0.15, -0.1) is 0 Å². The van der Waals surface area contributed by atoms with E-state index in [0.717, 1.165) is 48.1 Å². The molecule has 4 aromatic rings. The number of nitrogens with zero attached hydrogens (tertiary/aromatic N) is 5. The van der Waals surface area contributed by atoms with Crippen molar-refractivity contribution in [1.82, 2.24) is 29.9 Å². The number of aromatic nitrogens is 4. The highest BCUT2D eigenvalue weighted by Crippen LogP contribution is 2.22. The summed E-state index contributed by atoms with van der Waals surface area (Å²) < 4.78 is 8.49. The third-order valence-electron chi connectivity index (χ3n) is 6.30. The maximum Gasteiger partial charge on any atom is 0.241 e. The van der Waals surface area contributed by atoms with Crippen molar-refractivity contribution in [3.63, 3.8) is 0 Å². The maximum atomic E-state index is 12.7. The molecule has 9 heteroatoms. The van der Waals surface area contributed by atoms with Crippen LogP contribution >= 0.6 is 15.9 Å². The molecule has 1 amide bonds. The summed E-state index contributed by atoms with van der Waals surface area (Å²) in [5, 5.41) is 7.21. The van der Waals surface area contributed by atoms with E-state index in [0.29, 0.717) is 24.8 Å². The maximum absolute atomic E-state index is 12.7. The van der Waals surface area contributed by atoms with Crippen molar-refractivity contribution in [1.29, 1.82) is 0 Å². The Bertz CT molecular complexity index is 1230. The number of amides is 1. The van der Waals surface area contributed by atoms with Crippen LogP contribution in [0.5, 0.6) is 0 Å². The molecule has 2 aromatic heterocycles. The second-order valence-corrected chi connectivity index (χ2v) is 9.75. The Morgan fingerprint density at radius 2 is 1.77 bits per heavy atom. The van der Waals surface area contributed by atoms with Gasteiger partial charge in [0.15, 0.2) is 0 Å². The summed E-state index contributed by atoms with van der Waals surface area (Å²) in [7, 11) is 0. The topological polar surface area (TPSA) is 89.1 Å². The van der Waals surface area contributed by atoms with E-state index in [2.05, 4.69) is 65.5 Å². The Morgan fingerprint density at radius 3 is 2.49 bits per heavy atom. The van der Waals surface area contributed by atoms with Crippen LogP contribution in [0.25, 0.3) is 11.4 Å². The minimum Gasteiger partial charge on any atom is -0.352 e. The van der Waals surface area contributed by atoms with E-state index in [1.165, 1.54) is 5.56 Å². The molecule has 0 saturated carbocycles. The lowest BCUT2D eigenvalue weighted by Gasteiger charge is -2.30. The summed E-state index contributed by atoms with van der Waals surface area (Å²) in [5.41, 5.74) is 3.23. The van der Waals surface area contributed by atoms with E-state index in [1.807, 2.05) is 41.4 Å². The molecule has 0 bridgehead atoms. The summed E-state index contributed by atoms with van der Waals surface area (Å²) >= 11 is 3.43. The first-order valence-corrected chi connectivity index (χ1v) is 12.5. The molecule has 3 heterocycles. The van der Waals surface area contributed by atoms with Crippen LogP contribution in [0.4, 0.5) is 0 Å². The lowest BCUT2D eigenvalue weighted by Crippen LogP contribution is -2.40. The quantitative estimate of drug-likeness (QED) is 0.363. The zero-order valence-corrected chi connectivity index (χ0v) is 20.9. The zero-order chi connectivity index (χ0) is 24.0. The second kappa shape index (κ2) is 11.0. The van der Waals surface area contributed by atoms with Gasteiger partial charge in [-0.25, -0.2) is 4.98 Å². The highest BCUT2D eigenvalue weighted by atomic mass is 79.9. The Morgan fingerprint density at radius 1 is 1.03 bits per heavy atom. The van der Waals surface area contributed by atoms with Gasteiger partial charge in [0.2, 0.25) is 17.6 Å². The third kappa shape index (κ3) is 6.23. The Balaban J connectivity index is 1.05. The molecule has 8 nitrogen and oxygen atoms in total. The van der Waals surface area contributed by atoms with Gasteiger partial charge in [0.1, 0.15) is 0 Å². The fraction of sp³-hybridized carbons (Fsp3) is 0.308. The number of hydrogen-bond donors (Lipinski definition) is 1. The molecule has 180 valence electrons. The molecule has 0 atom stereocenters. The van der Waals surface area contributed by atoms with Crippen molar-refractivity contribution < 1.29 is 9.32 Å². The fourth-order valence-electron chi connectivity index (χ4n) is 4.27. The molecule has 0 aliphatic carbocycles. The number of halogens is 1. The molecule has 1 N–H and O–H groups in total. The molecular weight excluding hydrogens is 508 g/mol. The molecule has 0 spiro atoms. The van der Waals surface area contributed by atoms with Crippen molar-refractivity contribution in [2.45, 2.75) is 32.5 Å². The monoisotopic (exact) mass is 534 g/mol. The molecule has 1 aliphatic heterocycles. The lowest BCUT2D eigenvalue weighted by atomic mass is 9.96. The van der Waals surface area contributed by atoms with Gasteiger partial charge in [0.05, 0.1) is 12.9 Å². The number of piperidine rings is 1. The van der Waals surface area contributed by atoms with E-state index in [9.17, 15) is 4.79 Å². The van der Waals surface area contributed by atoms with Crippen molar-refractivity contribution in [3.05, 3.63) is 88.7 Å². The van der Waals surface area contributed by atoms with Crippen LogP contribution in [0.2, 0.25) is 0 Å². The molecule has 1 saturated heterocycles. The van der Waals surface area contributed by atoms with Crippen LogP contribution in [0.1, 0.15) is 29.9 Å².